The van der Waals surface area contributed by atoms with E-state index < -0.39 is 17.7 Å². The van der Waals surface area contributed by atoms with Crippen LogP contribution in [0.1, 0.15) is 29.8 Å². The van der Waals surface area contributed by atoms with E-state index in [0.717, 1.165) is 5.52 Å². The molecule has 11 heteroatoms. The van der Waals surface area contributed by atoms with Crippen LogP contribution in [0.4, 0.5) is 15.8 Å². The van der Waals surface area contributed by atoms with E-state index in [4.69, 9.17) is 5.26 Å². The lowest BCUT2D eigenvalue weighted by atomic mass is 10.0. The van der Waals surface area contributed by atoms with Crippen LogP contribution in [0.3, 0.4) is 0 Å². The van der Waals surface area contributed by atoms with Crippen LogP contribution in [-0.2, 0) is 0 Å². The molecule has 0 saturated carbocycles. The Morgan fingerprint density at radius 2 is 2.15 bits per heavy atom. The van der Waals surface area contributed by atoms with Gasteiger partial charge in [0.2, 0.25) is 0 Å². The predicted octanol–water partition coefficient (Wildman–Crippen LogP) is 2.57. The van der Waals surface area contributed by atoms with Crippen molar-refractivity contribution in [3.63, 3.8) is 0 Å². The van der Waals surface area contributed by atoms with E-state index in [2.05, 4.69) is 37.0 Å². The number of pyridine rings is 1. The third-order valence-electron chi connectivity index (χ3n) is 5.03. The standard InChI is InChI=1S/C22H21FN8O2/c1-22(2,33)20(23)12-26-21(32)16-11-25-18(6-17(16)30-14-9-27-28-10-14)19-4-3-15-5-13(7-24)8-29-31(15)19/h3-6,8-11,20,33H,12H2,1-2H3,(H,25,30)(H,26,32)(H,27,28). The Bertz CT molecular complexity index is 1330. The average molecular weight is 448 g/mol. The number of aliphatic hydroxyl groups is 1. The number of alkyl halides is 1. The number of H-pyrrole nitrogens is 1. The van der Waals surface area contributed by atoms with Crippen LogP contribution in [0.25, 0.3) is 16.9 Å². The molecule has 0 aliphatic carbocycles. The lowest BCUT2D eigenvalue weighted by molar-refractivity contribution is -0.00177. The van der Waals surface area contributed by atoms with Gasteiger partial charge in [-0.25, -0.2) is 8.91 Å². The Labute approximate surface area is 188 Å². The largest absolute Gasteiger partial charge is 0.387 e. The summed E-state index contributed by atoms with van der Waals surface area (Å²) in [6.07, 6.45) is 4.36. The number of anilines is 2. The number of amides is 1. The molecule has 0 spiro atoms. The predicted molar refractivity (Wildman–Crippen MR) is 119 cm³/mol. The summed E-state index contributed by atoms with van der Waals surface area (Å²) in [5.41, 5.74) is 1.96. The van der Waals surface area contributed by atoms with Crippen molar-refractivity contribution in [3.05, 3.63) is 60.2 Å². The number of carbonyl (C=O) groups is 1. The molecule has 1 amide bonds. The van der Waals surface area contributed by atoms with E-state index in [1.54, 1.807) is 29.0 Å². The van der Waals surface area contributed by atoms with Crippen LogP contribution in [0.2, 0.25) is 0 Å². The Kier molecular flexibility index (Phi) is 5.76. The van der Waals surface area contributed by atoms with E-state index in [1.807, 2.05) is 12.1 Å². The summed E-state index contributed by atoms with van der Waals surface area (Å²) < 4.78 is 15.7. The molecule has 10 nitrogen and oxygen atoms in total. The van der Waals surface area contributed by atoms with Gasteiger partial charge in [-0.05, 0) is 38.1 Å². The Morgan fingerprint density at radius 1 is 1.33 bits per heavy atom. The number of hydrogen-bond acceptors (Lipinski definition) is 7. The van der Waals surface area contributed by atoms with Gasteiger partial charge in [-0.3, -0.25) is 14.9 Å². The summed E-state index contributed by atoms with van der Waals surface area (Å²) in [6.45, 7) is 2.31. The molecule has 0 aliphatic rings. The van der Waals surface area contributed by atoms with Gasteiger partial charge in [0.1, 0.15) is 12.2 Å². The minimum Gasteiger partial charge on any atom is -0.387 e. The third-order valence-corrected chi connectivity index (χ3v) is 5.03. The molecule has 4 aromatic heterocycles. The van der Waals surface area contributed by atoms with Gasteiger partial charge in [-0.2, -0.15) is 15.5 Å². The fourth-order valence-corrected chi connectivity index (χ4v) is 3.14. The molecular formula is C22H21FN8O2. The maximum Gasteiger partial charge on any atom is 0.255 e. The van der Waals surface area contributed by atoms with Crippen molar-refractivity contribution in [2.75, 3.05) is 11.9 Å². The van der Waals surface area contributed by atoms with Crippen molar-refractivity contribution in [1.29, 1.82) is 5.26 Å². The Morgan fingerprint density at radius 3 is 2.85 bits per heavy atom. The third kappa shape index (κ3) is 4.65. The smallest absolute Gasteiger partial charge is 0.255 e. The van der Waals surface area contributed by atoms with E-state index in [1.165, 1.54) is 26.2 Å². The zero-order chi connectivity index (χ0) is 23.6. The first-order chi connectivity index (χ1) is 15.8. The van der Waals surface area contributed by atoms with Gasteiger partial charge in [-0.1, -0.05) is 0 Å². The maximum atomic E-state index is 14.1. The number of carbonyl (C=O) groups excluding carboxylic acids is 1. The lowest BCUT2D eigenvalue weighted by Gasteiger charge is -2.22. The molecule has 4 N–H and O–H groups in total. The molecule has 1 atom stereocenters. The molecule has 0 fully saturated rings. The van der Waals surface area contributed by atoms with E-state index in [-0.39, 0.29) is 12.1 Å². The molecule has 0 radical (unpaired) electrons. The number of aromatic nitrogens is 5. The first kappa shape index (κ1) is 21.9. The molecule has 4 heterocycles. The molecule has 0 aliphatic heterocycles. The van der Waals surface area contributed by atoms with Crippen LogP contribution < -0.4 is 10.6 Å². The number of hydrogen-bond donors (Lipinski definition) is 4. The number of nitriles is 1. The van der Waals surface area contributed by atoms with E-state index in [9.17, 15) is 14.3 Å². The summed E-state index contributed by atoms with van der Waals surface area (Å²) in [6, 6.07) is 9.06. The van der Waals surface area contributed by atoms with Crippen molar-refractivity contribution in [3.8, 4) is 17.5 Å². The molecule has 0 saturated heterocycles. The quantitative estimate of drug-likeness (QED) is 0.340. The molecule has 4 aromatic rings. The topological polar surface area (TPSA) is 144 Å². The first-order valence-corrected chi connectivity index (χ1v) is 10.0. The number of nitrogens with one attached hydrogen (secondary N) is 3. The Hall–Kier alpha value is -4.30. The minimum atomic E-state index is -1.64. The Balaban J connectivity index is 1.69. The van der Waals surface area contributed by atoms with Gasteiger partial charge in [0.15, 0.2) is 0 Å². The second kappa shape index (κ2) is 8.68. The van der Waals surface area contributed by atoms with Crippen molar-refractivity contribution < 1.29 is 14.3 Å². The molecule has 4 rings (SSSR count). The van der Waals surface area contributed by atoms with Gasteiger partial charge >= 0.3 is 0 Å². The molecule has 33 heavy (non-hydrogen) atoms. The summed E-state index contributed by atoms with van der Waals surface area (Å²) in [7, 11) is 0. The summed E-state index contributed by atoms with van der Waals surface area (Å²) in [4.78, 5) is 17.2. The van der Waals surface area contributed by atoms with Crippen molar-refractivity contribution >= 4 is 22.8 Å². The van der Waals surface area contributed by atoms with Crippen LogP contribution >= 0.6 is 0 Å². The normalized spacial score (nSPS) is 12.3. The monoisotopic (exact) mass is 448 g/mol. The number of aromatic amines is 1. The summed E-state index contributed by atoms with van der Waals surface area (Å²) >= 11 is 0. The lowest BCUT2D eigenvalue weighted by Crippen LogP contribution is -2.42. The molecule has 0 aromatic carbocycles. The van der Waals surface area contributed by atoms with E-state index in [0.29, 0.717) is 28.3 Å². The molecule has 168 valence electrons. The highest BCUT2D eigenvalue weighted by Crippen LogP contribution is 2.27. The average Bonchev–Trinajstić information content (AvgIpc) is 3.45. The van der Waals surface area contributed by atoms with Crippen LogP contribution in [0.5, 0.6) is 0 Å². The van der Waals surface area contributed by atoms with Gasteiger partial charge < -0.3 is 15.7 Å². The molecule has 0 bridgehead atoms. The van der Waals surface area contributed by atoms with Crippen molar-refractivity contribution in [2.24, 2.45) is 0 Å². The van der Waals surface area contributed by atoms with Gasteiger partial charge in [0.25, 0.3) is 5.91 Å². The van der Waals surface area contributed by atoms with Gasteiger partial charge in [-0.15, -0.1) is 0 Å². The molecular weight excluding hydrogens is 427 g/mol. The number of halogens is 1. The highest BCUT2D eigenvalue weighted by atomic mass is 19.1. The fourth-order valence-electron chi connectivity index (χ4n) is 3.14. The van der Waals surface area contributed by atoms with Crippen LogP contribution in [0.15, 0.2) is 49.1 Å². The summed E-state index contributed by atoms with van der Waals surface area (Å²) in [5, 5.41) is 35.3. The first-order valence-electron chi connectivity index (χ1n) is 10.0. The number of rotatable bonds is 7. The second-order valence-corrected chi connectivity index (χ2v) is 7.97. The van der Waals surface area contributed by atoms with Gasteiger partial charge in [0, 0.05) is 12.4 Å². The second-order valence-electron chi connectivity index (χ2n) is 7.97. The summed E-state index contributed by atoms with van der Waals surface area (Å²) in [5.74, 6) is -0.552. The van der Waals surface area contributed by atoms with Gasteiger partial charge in [0.05, 0.1) is 63.9 Å². The fraction of sp³-hybridized carbons (Fsp3) is 0.227. The van der Waals surface area contributed by atoms with Crippen molar-refractivity contribution in [1.82, 2.24) is 30.1 Å². The highest BCUT2D eigenvalue weighted by molar-refractivity contribution is 6.00. The van der Waals surface area contributed by atoms with Crippen LogP contribution in [0, 0.1) is 11.3 Å². The number of nitrogens with zero attached hydrogens (tertiary/aromatic N) is 5. The van der Waals surface area contributed by atoms with E-state index >= 15 is 0 Å². The van der Waals surface area contributed by atoms with Crippen LogP contribution in [-0.4, -0.2) is 54.1 Å². The van der Waals surface area contributed by atoms with Crippen molar-refractivity contribution in [2.45, 2.75) is 25.6 Å². The zero-order valence-corrected chi connectivity index (χ0v) is 17.9. The number of fused-ring (bicyclic) bond motifs is 1. The zero-order valence-electron chi connectivity index (χ0n) is 17.9. The SMILES string of the molecule is CC(C)(O)C(F)CNC(=O)c1cnc(-c2ccc3cc(C#N)cnn23)cc1Nc1cn[nH]c1. The maximum absolute atomic E-state index is 14.1. The minimum absolute atomic E-state index is 0.184. The highest BCUT2D eigenvalue weighted by Gasteiger charge is 2.27. The molecule has 1 unspecified atom stereocenters.